The molecular formula is C19H24N2O3. The highest BCUT2D eigenvalue weighted by Gasteiger charge is 2.27. The Balaban J connectivity index is 1.71. The first-order chi connectivity index (χ1) is 11.8. The van der Waals surface area contributed by atoms with Crippen LogP contribution in [0.1, 0.15) is 37.9 Å². The molecule has 3 rings (SSSR count). The summed E-state index contributed by atoms with van der Waals surface area (Å²) in [6.45, 7) is 0.406. The van der Waals surface area contributed by atoms with Gasteiger partial charge in [0.25, 0.3) is 0 Å². The van der Waals surface area contributed by atoms with E-state index in [-0.39, 0.29) is 12.0 Å². The smallest absolute Gasteiger partial charge is 0.228 e. The minimum atomic E-state index is 0.0897. The molecule has 1 saturated carbocycles. The number of nitrogens with zero attached hydrogens (tertiary/aromatic N) is 2. The van der Waals surface area contributed by atoms with E-state index in [1.54, 1.807) is 24.5 Å². The van der Waals surface area contributed by atoms with Crippen molar-refractivity contribution in [2.45, 2.75) is 44.8 Å². The fourth-order valence-electron chi connectivity index (χ4n) is 3.37. The second-order valence-electron chi connectivity index (χ2n) is 6.34. The standard InChI is InChI=1S/C19H24N2O3/c1-23-16-7-4-6-15(12-16)13-19(22)21(14-17-8-5-11-24-17)18-9-2-3-10-20-18/h2-3,5,8-11,15-16H,4,6-7,12-14H2,1H3/t15-,16+/m1/s1. The first-order valence-corrected chi connectivity index (χ1v) is 8.53. The maximum Gasteiger partial charge on any atom is 0.228 e. The third-order valence-electron chi connectivity index (χ3n) is 4.65. The topological polar surface area (TPSA) is 55.6 Å². The Hall–Kier alpha value is -2.14. The summed E-state index contributed by atoms with van der Waals surface area (Å²) in [6, 6.07) is 9.32. The van der Waals surface area contributed by atoms with E-state index in [0.717, 1.165) is 31.4 Å². The number of hydrogen-bond acceptors (Lipinski definition) is 4. The minimum Gasteiger partial charge on any atom is -0.467 e. The van der Waals surface area contributed by atoms with Gasteiger partial charge >= 0.3 is 0 Å². The van der Waals surface area contributed by atoms with Gasteiger partial charge in [-0.3, -0.25) is 9.69 Å². The summed E-state index contributed by atoms with van der Waals surface area (Å²) in [5.41, 5.74) is 0. The van der Waals surface area contributed by atoms with Crippen molar-refractivity contribution in [2.24, 2.45) is 5.92 Å². The zero-order valence-electron chi connectivity index (χ0n) is 14.1. The Bertz CT molecular complexity index is 627. The third-order valence-corrected chi connectivity index (χ3v) is 4.65. The summed E-state index contributed by atoms with van der Waals surface area (Å²) in [6.07, 6.45) is 8.40. The lowest BCUT2D eigenvalue weighted by Crippen LogP contribution is -2.34. The van der Waals surface area contributed by atoms with E-state index in [2.05, 4.69) is 4.98 Å². The number of anilines is 1. The molecule has 1 fully saturated rings. The van der Waals surface area contributed by atoms with E-state index in [4.69, 9.17) is 9.15 Å². The largest absolute Gasteiger partial charge is 0.467 e. The molecule has 5 heteroatoms. The van der Waals surface area contributed by atoms with Crippen LogP contribution in [0.15, 0.2) is 47.2 Å². The molecule has 5 nitrogen and oxygen atoms in total. The van der Waals surface area contributed by atoms with Crippen molar-refractivity contribution in [3.05, 3.63) is 48.6 Å². The van der Waals surface area contributed by atoms with Gasteiger partial charge in [0.15, 0.2) is 0 Å². The number of hydrogen-bond donors (Lipinski definition) is 0. The van der Waals surface area contributed by atoms with Gasteiger partial charge in [-0.1, -0.05) is 12.5 Å². The molecule has 0 aromatic carbocycles. The van der Waals surface area contributed by atoms with Gasteiger partial charge in [0.1, 0.15) is 11.6 Å². The average Bonchev–Trinajstić information content (AvgIpc) is 3.14. The lowest BCUT2D eigenvalue weighted by molar-refractivity contribution is -0.120. The zero-order chi connectivity index (χ0) is 16.8. The van der Waals surface area contributed by atoms with Crippen LogP contribution in [-0.4, -0.2) is 24.1 Å². The van der Waals surface area contributed by atoms with Gasteiger partial charge in [-0.25, -0.2) is 4.98 Å². The summed E-state index contributed by atoms with van der Waals surface area (Å²) in [5, 5.41) is 0. The normalized spacial score (nSPS) is 20.7. The van der Waals surface area contributed by atoms with Crippen LogP contribution in [0, 0.1) is 5.92 Å². The molecule has 2 atom stereocenters. The maximum absolute atomic E-state index is 12.9. The van der Waals surface area contributed by atoms with Gasteiger partial charge in [-0.15, -0.1) is 0 Å². The number of carbonyl (C=O) groups is 1. The zero-order valence-corrected chi connectivity index (χ0v) is 14.1. The number of ether oxygens (including phenoxy) is 1. The first-order valence-electron chi connectivity index (χ1n) is 8.53. The molecule has 0 spiro atoms. The highest BCUT2D eigenvalue weighted by molar-refractivity contribution is 5.92. The molecule has 0 aliphatic heterocycles. The molecule has 0 saturated heterocycles. The van der Waals surface area contributed by atoms with Crippen LogP contribution in [0.5, 0.6) is 0 Å². The molecule has 24 heavy (non-hydrogen) atoms. The first kappa shape index (κ1) is 16.7. The van der Waals surface area contributed by atoms with Crippen molar-refractivity contribution in [2.75, 3.05) is 12.0 Å². The molecule has 2 heterocycles. The highest BCUT2D eigenvalue weighted by atomic mass is 16.5. The molecule has 1 aliphatic carbocycles. The lowest BCUT2D eigenvalue weighted by atomic mass is 9.84. The monoisotopic (exact) mass is 328 g/mol. The molecule has 128 valence electrons. The Morgan fingerprint density at radius 2 is 2.25 bits per heavy atom. The fourth-order valence-corrected chi connectivity index (χ4v) is 3.37. The van der Waals surface area contributed by atoms with Crippen molar-refractivity contribution in [1.29, 1.82) is 0 Å². The van der Waals surface area contributed by atoms with Crippen LogP contribution in [0.4, 0.5) is 5.82 Å². The summed E-state index contributed by atoms with van der Waals surface area (Å²) in [7, 11) is 1.76. The lowest BCUT2D eigenvalue weighted by Gasteiger charge is -2.29. The van der Waals surface area contributed by atoms with Crippen LogP contribution in [0.2, 0.25) is 0 Å². The predicted octanol–water partition coefficient (Wildman–Crippen LogP) is 3.80. The van der Waals surface area contributed by atoms with Crippen molar-refractivity contribution in [1.82, 2.24) is 4.98 Å². The second-order valence-corrected chi connectivity index (χ2v) is 6.34. The number of amides is 1. The number of aromatic nitrogens is 1. The van der Waals surface area contributed by atoms with Crippen molar-refractivity contribution in [3.8, 4) is 0 Å². The highest BCUT2D eigenvalue weighted by Crippen LogP contribution is 2.29. The summed E-state index contributed by atoms with van der Waals surface area (Å²) < 4.78 is 10.9. The van der Waals surface area contributed by atoms with E-state index < -0.39 is 0 Å². The van der Waals surface area contributed by atoms with E-state index in [0.29, 0.717) is 24.7 Å². The molecule has 1 amide bonds. The Morgan fingerprint density at radius 3 is 2.96 bits per heavy atom. The molecule has 2 aromatic rings. The number of rotatable bonds is 6. The summed E-state index contributed by atoms with van der Waals surface area (Å²) in [5.74, 6) is 1.89. The quantitative estimate of drug-likeness (QED) is 0.809. The van der Waals surface area contributed by atoms with Crippen molar-refractivity contribution >= 4 is 11.7 Å². The molecule has 0 unspecified atom stereocenters. The number of pyridine rings is 1. The molecule has 2 aromatic heterocycles. The van der Waals surface area contributed by atoms with E-state index >= 15 is 0 Å². The molecule has 1 aliphatic rings. The van der Waals surface area contributed by atoms with Crippen LogP contribution in [0.25, 0.3) is 0 Å². The molecule has 0 N–H and O–H groups in total. The Morgan fingerprint density at radius 1 is 1.33 bits per heavy atom. The van der Waals surface area contributed by atoms with Gasteiger partial charge in [0.2, 0.25) is 5.91 Å². The van der Waals surface area contributed by atoms with Gasteiger partial charge in [0.05, 0.1) is 18.9 Å². The van der Waals surface area contributed by atoms with E-state index in [9.17, 15) is 4.79 Å². The summed E-state index contributed by atoms with van der Waals surface area (Å²) >= 11 is 0. The molecular weight excluding hydrogens is 304 g/mol. The van der Waals surface area contributed by atoms with Gasteiger partial charge in [-0.05, 0) is 49.4 Å². The van der Waals surface area contributed by atoms with Gasteiger partial charge in [-0.2, -0.15) is 0 Å². The second kappa shape index (κ2) is 8.11. The SMILES string of the molecule is CO[C@H]1CCC[C@@H](CC(=O)N(Cc2ccco2)c2ccccn2)C1. The minimum absolute atomic E-state index is 0.0897. The van der Waals surface area contributed by atoms with Crippen LogP contribution >= 0.6 is 0 Å². The average molecular weight is 328 g/mol. The number of carbonyl (C=O) groups excluding carboxylic acids is 1. The third kappa shape index (κ3) is 4.23. The van der Waals surface area contributed by atoms with Crippen molar-refractivity contribution in [3.63, 3.8) is 0 Å². The number of methoxy groups -OCH3 is 1. The fraction of sp³-hybridized carbons (Fsp3) is 0.474. The van der Waals surface area contributed by atoms with Crippen molar-refractivity contribution < 1.29 is 13.9 Å². The predicted molar refractivity (Wildman–Crippen MR) is 91.5 cm³/mol. The van der Waals surface area contributed by atoms with Crippen LogP contribution in [-0.2, 0) is 16.1 Å². The van der Waals surface area contributed by atoms with Gasteiger partial charge in [0, 0.05) is 19.7 Å². The van der Waals surface area contributed by atoms with Crippen LogP contribution in [0.3, 0.4) is 0 Å². The van der Waals surface area contributed by atoms with Gasteiger partial charge < -0.3 is 9.15 Å². The molecule has 0 radical (unpaired) electrons. The van der Waals surface area contributed by atoms with E-state index in [1.165, 1.54) is 0 Å². The Kier molecular flexibility index (Phi) is 5.64. The van der Waals surface area contributed by atoms with Crippen LogP contribution < -0.4 is 4.90 Å². The maximum atomic E-state index is 12.9. The Labute approximate surface area is 142 Å². The molecule has 0 bridgehead atoms. The number of furan rings is 1. The van der Waals surface area contributed by atoms with E-state index in [1.807, 2.05) is 30.3 Å². The summed E-state index contributed by atoms with van der Waals surface area (Å²) in [4.78, 5) is 19.0.